The summed E-state index contributed by atoms with van der Waals surface area (Å²) < 4.78 is 0. The van der Waals surface area contributed by atoms with Gasteiger partial charge in [0.25, 0.3) is 0 Å². The summed E-state index contributed by atoms with van der Waals surface area (Å²) in [5, 5.41) is 5.92. The van der Waals surface area contributed by atoms with E-state index in [0.29, 0.717) is 6.54 Å². The number of carbonyl (C=O) groups is 2. The lowest BCUT2D eigenvalue weighted by atomic mass is 10.0. The topological polar surface area (TPSA) is 62.6 Å². The zero-order valence-corrected chi connectivity index (χ0v) is 16.5. The van der Waals surface area contributed by atoms with E-state index in [4.69, 9.17) is 0 Å². The van der Waals surface area contributed by atoms with Gasteiger partial charge in [0.15, 0.2) is 0 Å². The lowest BCUT2D eigenvalue weighted by molar-refractivity contribution is -0.901. The van der Waals surface area contributed by atoms with Gasteiger partial charge in [-0.3, -0.25) is 9.59 Å². The largest absolute Gasteiger partial charge is 0.352 e. The molecule has 3 N–H and O–H groups in total. The van der Waals surface area contributed by atoms with Gasteiger partial charge in [-0.2, -0.15) is 0 Å². The first kappa shape index (κ1) is 20.1. The second-order valence-corrected chi connectivity index (χ2v) is 7.55. The van der Waals surface area contributed by atoms with Crippen molar-refractivity contribution in [1.82, 2.24) is 10.6 Å². The first-order chi connectivity index (χ1) is 13.6. The average Bonchev–Trinajstić information content (AvgIpc) is 3.20. The van der Waals surface area contributed by atoms with Crippen LogP contribution in [0.3, 0.4) is 0 Å². The lowest BCUT2D eigenvalue weighted by Crippen LogP contribution is -3.08. The number of hydrogen-bond acceptors (Lipinski definition) is 2. The maximum Gasteiger partial charge on any atom is 0.222 e. The van der Waals surface area contributed by atoms with E-state index in [1.165, 1.54) is 44.0 Å². The molecule has 2 aromatic rings. The second kappa shape index (κ2) is 10.0. The number of nitrogens with one attached hydrogen (secondary N) is 3. The number of amides is 2. The fraction of sp³-hybridized carbons (Fsp3) is 0.391. The maximum atomic E-state index is 12.6. The van der Waals surface area contributed by atoms with Crippen LogP contribution in [0.25, 0.3) is 0 Å². The molecular formula is C23H30N3O2+. The zero-order valence-electron chi connectivity index (χ0n) is 16.5. The third-order valence-corrected chi connectivity index (χ3v) is 5.31. The van der Waals surface area contributed by atoms with Crippen LogP contribution in [-0.2, 0) is 22.7 Å². The van der Waals surface area contributed by atoms with Gasteiger partial charge in [-0.25, -0.2) is 0 Å². The van der Waals surface area contributed by atoms with E-state index in [1.807, 2.05) is 36.4 Å². The number of hydrogen-bond donors (Lipinski definition) is 3. The molecule has 2 aromatic carbocycles. The average molecular weight is 381 g/mol. The molecule has 28 heavy (non-hydrogen) atoms. The Morgan fingerprint density at radius 2 is 1.61 bits per heavy atom. The van der Waals surface area contributed by atoms with Crippen molar-refractivity contribution in [2.45, 2.75) is 45.3 Å². The first-order valence-corrected chi connectivity index (χ1v) is 10.1. The molecule has 5 nitrogen and oxygen atoms in total. The van der Waals surface area contributed by atoms with E-state index < -0.39 is 0 Å². The van der Waals surface area contributed by atoms with Crippen molar-refractivity contribution in [2.24, 2.45) is 0 Å². The number of benzene rings is 2. The van der Waals surface area contributed by atoms with Crippen LogP contribution in [-0.4, -0.2) is 24.9 Å². The molecule has 1 aliphatic heterocycles. The lowest BCUT2D eigenvalue weighted by Gasteiger charge is -2.19. The van der Waals surface area contributed by atoms with Crippen molar-refractivity contribution in [2.75, 3.05) is 13.1 Å². The van der Waals surface area contributed by atoms with Crippen LogP contribution < -0.4 is 15.5 Å². The van der Waals surface area contributed by atoms with Crippen molar-refractivity contribution in [3.63, 3.8) is 0 Å². The summed E-state index contributed by atoms with van der Waals surface area (Å²) in [7, 11) is 0. The molecular weight excluding hydrogens is 350 g/mol. The van der Waals surface area contributed by atoms with Gasteiger partial charge in [-0.1, -0.05) is 54.6 Å². The monoisotopic (exact) mass is 380 g/mol. The van der Waals surface area contributed by atoms with Crippen LogP contribution in [0.4, 0.5) is 0 Å². The molecule has 1 heterocycles. The molecule has 1 atom stereocenters. The van der Waals surface area contributed by atoms with Crippen LogP contribution in [0.2, 0.25) is 0 Å². The van der Waals surface area contributed by atoms with E-state index >= 15 is 0 Å². The summed E-state index contributed by atoms with van der Waals surface area (Å²) in [6.45, 7) is 5.48. The third-order valence-electron chi connectivity index (χ3n) is 5.31. The molecule has 2 amide bonds. The minimum Gasteiger partial charge on any atom is -0.352 e. The molecule has 0 unspecified atom stereocenters. The number of likely N-dealkylation sites (tertiary alicyclic amines) is 1. The zero-order chi connectivity index (χ0) is 19.8. The Balaban J connectivity index is 1.59. The Labute approximate surface area is 167 Å². The second-order valence-electron chi connectivity index (χ2n) is 7.55. The maximum absolute atomic E-state index is 12.6. The molecule has 0 aliphatic carbocycles. The van der Waals surface area contributed by atoms with Crippen LogP contribution >= 0.6 is 0 Å². The first-order valence-electron chi connectivity index (χ1n) is 10.1. The number of rotatable bonds is 8. The fourth-order valence-electron chi connectivity index (χ4n) is 3.86. The quantitative estimate of drug-likeness (QED) is 0.653. The smallest absolute Gasteiger partial charge is 0.222 e. The van der Waals surface area contributed by atoms with Crippen LogP contribution in [0.1, 0.15) is 48.9 Å². The highest BCUT2D eigenvalue weighted by Crippen LogP contribution is 2.17. The van der Waals surface area contributed by atoms with Gasteiger partial charge in [0.05, 0.1) is 25.6 Å². The minimum atomic E-state index is -0.317. The molecule has 0 aromatic heterocycles. The molecule has 1 aliphatic rings. The van der Waals surface area contributed by atoms with Gasteiger partial charge in [-0.15, -0.1) is 0 Å². The molecule has 0 radical (unpaired) electrons. The highest BCUT2D eigenvalue weighted by Gasteiger charge is 2.19. The fourth-order valence-corrected chi connectivity index (χ4v) is 3.86. The standard InChI is InChI=1S/C23H29N3O2/c1-18(27)25-22(19-9-3-2-4-10-19)15-23(28)24-16-20-11-5-6-12-21(20)17-26-13-7-8-14-26/h2-6,9-12,22H,7-8,13-17H2,1H3,(H,24,28)(H,25,27)/p+1/t22-/m0/s1. The van der Waals surface area contributed by atoms with Crippen molar-refractivity contribution < 1.29 is 14.5 Å². The van der Waals surface area contributed by atoms with E-state index in [2.05, 4.69) is 28.8 Å². The molecule has 3 rings (SSSR count). The van der Waals surface area contributed by atoms with Crippen LogP contribution in [0.5, 0.6) is 0 Å². The van der Waals surface area contributed by atoms with Crippen molar-refractivity contribution in [3.05, 3.63) is 71.3 Å². The Morgan fingerprint density at radius 1 is 0.964 bits per heavy atom. The molecule has 0 saturated carbocycles. The van der Waals surface area contributed by atoms with Gasteiger partial charge in [0, 0.05) is 31.9 Å². The summed E-state index contributed by atoms with van der Waals surface area (Å²) in [5.74, 6) is -0.202. The highest BCUT2D eigenvalue weighted by molar-refractivity contribution is 5.79. The van der Waals surface area contributed by atoms with Gasteiger partial charge in [-0.05, 0) is 11.1 Å². The summed E-state index contributed by atoms with van der Waals surface area (Å²) in [6, 6.07) is 17.6. The molecule has 148 valence electrons. The van der Waals surface area contributed by atoms with E-state index in [1.54, 1.807) is 4.90 Å². The molecule has 1 saturated heterocycles. The minimum absolute atomic E-state index is 0.0640. The van der Waals surface area contributed by atoms with Crippen LogP contribution in [0.15, 0.2) is 54.6 Å². The van der Waals surface area contributed by atoms with E-state index in [0.717, 1.165) is 12.1 Å². The number of quaternary nitrogens is 1. The predicted molar refractivity (Wildman–Crippen MR) is 110 cm³/mol. The van der Waals surface area contributed by atoms with Crippen molar-refractivity contribution in [3.8, 4) is 0 Å². The molecule has 0 bridgehead atoms. The van der Waals surface area contributed by atoms with Crippen LogP contribution in [0, 0.1) is 0 Å². The van der Waals surface area contributed by atoms with Gasteiger partial charge >= 0.3 is 0 Å². The number of carbonyl (C=O) groups excluding carboxylic acids is 2. The Bertz CT molecular complexity index is 785. The highest BCUT2D eigenvalue weighted by atomic mass is 16.2. The Morgan fingerprint density at radius 3 is 2.29 bits per heavy atom. The van der Waals surface area contributed by atoms with Crippen molar-refractivity contribution >= 4 is 11.8 Å². The normalized spacial score (nSPS) is 15.2. The summed E-state index contributed by atoms with van der Waals surface area (Å²) in [6.07, 6.45) is 2.83. The molecule has 5 heteroatoms. The van der Waals surface area contributed by atoms with E-state index in [-0.39, 0.29) is 24.3 Å². The summed E-state index contributed by atoms with van der Waals surface area (Å²) in [4.78, 5) is 25.7. The molecule has 0 spiro atoms. The SMILES string of the molecule is CC(=O)N[C@@H](CC(=O)NCc1ccccc1C[NH+]1CCCC1)c1ccccc1. The Kier molecular flexibility index (Phi) is 7.20. The predicted octanol–water partition coefficient (Wildman–Crippen LogP) is 1.75. The Hall–Kier alpha value is -2.66. The van der Waals surface area contributed by atoms with Gasteiger partial charge in [0.2, 0.25) is 11.8 Å². The van der Waals surface area contributed by atoms with E-state index in [9.17, 15) is 9.59 Å². The van der Waals surface area contributed by atoms with Crippen molar-refractivity contribution in [1.29, 1.82) is 0 Å². The third kappa shape index (κ3) is 5.92. The van der Waals surface area contributed by atoms with Gasteiger partial charge in [0.1, 0.15) is 6.54 Å². The summed E-state index contributed by atoms with van der Waals surface area (Å²) in [5.41, 5.74) is 3.41. The molecule has 1 fully saturated rings. The van der Waals surface area contributed by atoms with Gasteiger partial charge < -0.3 is 15.5 Å². The summed E-state index contributed by atoms with van der Waals surface area (Å²) >= 11 is 0.